The number of carbonyl (C=O) groups is 1. The van der Waals surface area contributed by atoms with Gasteiger partial charge in [0.25, 0.3) is 0 Å². The second-order valence-corrected chi connectivity index (χ2v) is 3.02. The van der Waals surface area contributed by atoms with Crippen LogP contribution in [0.5, 0.6) is 0 Å². The number of piperidine rings is 1. The summed E-state index contributed by atoms with van der Waals surface area (Å²) in [5, 5.41) is 0. The van der Waals surface area contributed by atoms with Gasteiger partial charge in [-0.1, -0.05) is 6.42 Å². The minimum absolute atomic E-state index is 0. The summed E-state index contributed by atoms with van der Waals surface area (Å²) in [7, 11) is 3.42. The number of likely N-dealkylation sites (N-methyl/N-ethyl adjacent to an activating group) is 1. The van der Waals surface area contributed by atoms with Gasteiger partial charge in [-0.3, -0.25) is 9.69 Å². The Morgan fingerprint density at radius 1 is 1.50 bits per heavy atom. The maximum absolute atomic E-state index is 11.1. The summed E-state index contributed by atoms with van der Waals surface area (Å²) in [5.41, 5.74) is 0. The first-order valence-corrected chi connectivity index (χ1v) is 4.04. The van der Waals surface area contributed by atoms with Gasteiger partial charge < -0.3 is 4.74 Å². The second kappa shape index (κ2) is 5.38. The summed E-state index contributed by atoms with van der Waals surface area (Å²) in [6, 6.07) is 0.00810. The highest BCUT2D eigenvalue weighted by Gasteiger charge is 2.25. The molecule has 1 atom stereocenters. The first-order chi connectivity index (χ1) is 5.25. The van der Waals surface area contributed by atoms with Crippen LogP contribution in [-0.4, -0.2) is 37.6 Å². The number of esters is 1. The molecule has 1 saturated heterocycles. The number of likely N-dealkylation sites (tertiary alicyclic amines) is 1. The molecule has 1 aliphatic heterocycles. The average Bonchev–Trinajstić information content (AvgIpc) is 2.04. The minimum atomic E-state index is -0.0906. The Bertz CT molecular complexity index is 152. The Morgan fingerprint density at radius 3 is 2.67 bits per heavy atom. The Kier molecular flexibility index (Phi) is 5.25. The summed E-state index contributed by atoms with van der Waals surface area (Å²) < 4.78 is 4.68. The third kappa shape index (κ3) is 2.64. The number of nitrogens with zero attached hydrogens (tertiary/aromatic N) is 1. The Morgan fingerprint density at radius 2 is 2.17 bits per heavy atom. The van der Waals surface area contributed by atoms with Crippen molar-refractivity contribution in [3.8, 4) is 0 Å². The predicted molar refractivity (Wildman–Crippen MR) is 49.5 cm³/mol. The van der Waals surface area contributed by atoms with E-state index in [-0.39, 0.29) is 24.4 Å². The molecular formula is C8H16ClNO2. The Hall–Kier alpha value is -0.280. The van der Waals surface area contributed by atoms with Crippen LogP contribution in [0.3, 0.4) is 0 Å². The molecule has 12 heavy (non-hydrogen) atoms. The largest absolute Gasteiger partial charge is 0.468 e. The fourth-order valence-electron chi connectivity index (χ4n) is 1.51. The van der Waals surface area contributed by atoms with Gasteiger partial charge in [-0.15, -0.1) is 12.4 Å². The smallest absolute Gasteiger partial charge is 0.323 e. The van der Waals surface area contributed by atoms with Crippen LogP contribution in [0, 0.1) is 0 Å². The maximum atomic E-state index is 11.1. The van der Waals surface area contributed by atoms with Crippen molar-refractivity contribution in [1.29, 1.82) is 0 Å². The van der Waals surface area contributed by atoms with Crippen molar-refractivity contribution in [2.75, 3.05) is 20.7 Å². The van der Waals surface area contributed by atoms with Crippen LogP contribution in [0.2, 0.25) is 0 Å². The van der Waals surface area contributed by atoms with Gasteiger partial charge in [-0.05, 0) is 26.4 Å². The number of methoxy groups -OCH3 is 1. The minimum Gasteiger partial charge on any atom is -0.468 e. The Labute approximate surface area is 79.5 Å². The van der Waals surface area contributed by atoms with Crippen LogP contribution in [0.1, 0.15) is 19.3 Å². The van der Waals surface area contributed by atoms with Gasteiger partial charge in [0.1, 0.15) is 6.04 Å². The van der Waals surface area contributed by atoms with E-state index in [4.69, 9.17) is 0 Å². The van der Waals surface area contributed by atoms with Crippen molar-refractivity contribution in [1.82, 2.24) is 4.90 Å². The lowest BCUT2D eigenvalue weighted by atomic mass is 10.0. The van der Waals surface area contributed by atoms with Crippen LogP contribution in [0.4, 0.5) is 0 Å². The fraction of sp³-hybridized carbons (Fsp3) is 0.875. The molecule has 1 heterocycles. The fourth-order valence-corrected chi connectivity index (χ4v) is 1.51. The van der Waals surface area contributed by atoms with Gasteiger partial charge in [0.05, 0.1) is 7.11 Å². The number of carbonyl (C=O) groups excluding carboxylic acids is 1. The molecule has 1 aliphatic rings. The number of hydrogen-bond acceptors (Lipinski definition) is 3. The standard InChI is InChI=1S/C8H15NO2.ClH/c1-9-6-4-3-5-7(9)8(10)11-2;/h7H,3-6H2,1-2H3;1H/t7-;/m0./s1. The molecule has 0 amide bonds. The van der Waals surface area contributed by atoms with E-state index in [9.17, 15) is 4.79 Å². The van der Waals surface area contributed by atoms with Gasteiger partial charge >= 0.3 is 5.97 Å². The van der Waals surface area contributed by atoms with Crippen LogP contribution < -0.4 is 0 Å². The molecule has 0 aliphatic carbocycles. The molecule has 0 N–H and O–H groups in total. The van der Waals surface area contributed by atoms with E-state index < -0.39 is 0 Å². The van der Waals surface area contributed by atoms with Crippen molar-refractivity contribution in [2.24, 2.45) is 0 Å². The number of ether oxygens (including phenoxy) is 1. The van der Waals surface area contributed by atoms with Crippen molar-refractivity contribution in [3.63, 3.8) is 0 Å². The van der Waals surface area contributed by atoms with E-state index in [0.717, 1.165) is 19.4 Å². The Balaban J connectivity index is 0.00000121. The lowest BCUT2D eigenvalue weighted by Crippen LogP contribution is -2.42. The van der Waals surface area contributed by atoms with Gasteiger partial charge in [0.2, 0.25) is 0 Å². The predicted octanol–water partition coefficient (Wildman–Crippen LogP) is 1.07. The molecule has 0 unspecified atom stereocenters. The highest BCUT2D eigenvalue weighted by molar-refractivity contribution is 5.85. The van der Waals surface area contributed by atoms with Gasteiger partial charge in [0.15, 0.2) is 0 Å². The summed E-state index contributed by atoms with van der Waals surface area (Å²) >= 11 is 0. The zero-order valence-electron chi connectivity index (χ0n) is 7.58. The summed E-state index contributed by atoms with van der Waals surface area (Å²) in [6.07, 6.45) is 3.29. The highest BCUT2D eigenvalue weighted by Crippen LogP contribution is 2.15. The molecule has 0 radical (unpaired) electrons. The molecule has 0 saturated carbocycles. The number of halogens is 1. The molecular weight excluding hydrogens is 178 g/mol. The molecule has 0 bridgehead atoms. The zero-order chi connectivity index (χ0) is 8.27. The molecule has 4 heteroatoms. The van der Waals surface area contributed by atoms with Crippen LogP contribution in [0.15, 0.2) is 0 Å². The molecule has 1 rings (SSSR count). The molecule has 0 spiro atoms. The number of rotatable bonds is 1. The highest BCUT2D eigenvalue weighted by atomic mass is 35.5. The van der Waals surface area contributed by atoms with Crippen molar-refractivity contribution >= 4 is 18.4 Å². The molecule has 1 fully saturated rings. The van der Waals surface area contributed by atoms with Gasteiger partial charge in [0, 0.05) is 0 Å². The van der Waals surface area contributed by atoms with Gasteiger partial charge in [-0.2, -0.15) is 0 Å². The lowest BCUT2D eigenvalue weighted by molar-refractivity contribution is -0.147. The normalized spacial score (nSPS) is 24.3. The topological polar surface area (TPSA) is 29.5 Å². The van der Waals surface area contributed by atoms with Crippen molar-refractivity contribution in [2.45, 2.75) is 25.3 Å². The lowest BCUT2D eigenvalue weighted by Gasteiger charge is -2.29. The molecule has 72 valence electrons. The molecule has 0 aromatic rings. The van der Waals surface area contributed by atoms with Crippen molar-refractivity contribution in [3.05, 3.63) is 0 Å². The molecule has 0 aromatic carbocycles. The summed E-state index contributed by atoms with van der Waals surface area (Å²) in [4.78, 5) is 13.2. The molecule has 0 aromatic heterocycles. The second-order valence-electron chi connectivity index (χ2n) is 3.02. The monoisotopic (exact) mass is 193 g/mol. The number of hydrogen-bond donors (Lipinski definition) is 0. The zero-order valence-corrected chi connectivity index (χ0v) is 8.39. The van der Waals surface area contributed by atoms with Crippen LogP contribution >= 0.6 is 12.4 Å². The van der Waals surface area contributed by atoms with E-state index in [0.29, 0.717) is 0 Å². The van der Waals surface area contributed by atoms with Crippen molar-refractivity contribution < 1.29 is 9.53 Å². The first kappa shape index (κ1) is 11.7. The average molecular weight is 194 g/mol. The SMILES string of the molecule is COC(=O)[C@@H]1CCCCN1C.Cl. The van der Waals surface area contributed by atoms with Gasteiger partial charge in [-0.25, -0.2) is 0 Å². The van der Waals surface area contributed by atoms with E-state index in [2.05, 4.69) is 9.64 Å². The van der Waals surface area contributed by atoms with E-state index >= 15 is 0 Å². The van der Waals surface area contributed by atoms with E-state index in [1.165, 1.54) is 13.5 Å². The van der Waals surface area contributed by atoms with Crippen LogP contribution in [-0.2, 0) is 9.53 Å². The van der Waals surface area contributed by atoms with E-state index in [1.54, 1.807) is 0 Å². The summed E-state index contributed by atoms with van der Waals surface area (Å²) in [5.74, 6) is -0.0906. The third-order valence-corrected chi connectivity index (χ3v) is 2.24. The maximum Gasteiger partial charge on any atom is 0.323 e. The quantitative estimate of drug-likeness (QED) is 0.584. The first-order valence-electron chi connectivity index (χ1n) is 4.04. The van der Waals surface area contributed by atoms with E-state index in [1.807, 2.05) is 7.05 Å². The summed E-state index contributed by atoms with van der Waals surface area (Å²) in [6.45, 7) is 1.01. The third-order valence-electron chi connectivity index (χ3n) is 2.24. The molecule has 3 nitrogen and oxygen atoms in total. The van der Waals surface area contributed by atoms with Crippen LogP contribution in [0.25, 0.3) is 0 Å².